The lowest BCUT2D eigenvalue weighted by Gasteiger charge is -2.43. The smallest absolute Gasteiger partial charge is 0.488 e. The Bertz CT molecular complexity index is 2090. The molecule has 1 saturated carbocycles. The molecule has 0 unspecified atom stereocenters. The highest BCUT2D eigenvalue weighted by molar-refractivity contribution is 6.59. The van der Waals surface area contributed by atoms with E-state index in [2.05, 4.69) is 10.3 Å². The third-order valence-electron chi connectivity index (χ3n) is 11.2. The minimum Gasteiger partial charge on any atom is -0.497 e. The van der Waals surface area contributed by atoms with Crippen LogP contribution in [-0.2, 0) is 40.5 Å². The van der Waals surface area contributed by atoms with Crippen LogP contribution < -0.4 is 19.7 Å². The minimum atomic E-state index is -1.77. The van der Waals surface area contributed by atoms with Crippen molar-refractivity contribution in [3.63, 3.8) is 0 Å². The fraction of sp³-hybridized carbons (Fsp3) is 0.439. The Morgan fingerprint density at radius 1 is 0.964 bits per heavy atom. The highest BCUT2D eigenvalue weighted by atomic mass is 16.5. The Labute approximate surface area is 326 Å². The van der Waals surface area contributed by atoms with Crippen LogP contribution in [0.3, 0.4) is 0 Å². The number of aromatic nitrogens is 3. The fourth-order valence-corrected chi connectivity index (χ4v) is 8.27. The van der Waals surface area contributed by atoms with Crippen molar-refractivity contribution in [2.45, 2.75) is 77.8 Å². The van der Waals surface area contributed by atoms with E-state index in [-0.39, 0.29) is 44.2 Å². The molecule has 0 bridgehead atoms. The Morgan fingerprint density at radius 2 is 1.75 bits per heavy atom. The highest BCUT2D eigenvalue weighted by Crippen LogP contribution is 2.42. The molecule has 2 aliphatic heterocycles. The Hall–Kier alpha value is -5.41. The van der Waals surface area contributed by atoms with Crippen LogP contribution in [0, 0.1) is 11.8 Å². The van der Waals surface area contributed by atoms with Crippen LogP contribution in [0.15, 0.2) is 60.8 Å². The maximum atomic E-state index is 15.0. The molecule has 56 heavy (non-hydrogen) atoms. The summed E-state index contributed by atoms with van der Waals surface area (Å²) in [6.07, 6.45) is 4.66. The van der Waals surface area contributed by atoms with Crippen molar-refractivity contribution in [2.24, 2.45) is 11.8 Å². The normalized spacial score (nSPS) is 19.1. The summed E-state index contributed by atoms with van der Waals surface area (Å²) in [6.45, 7) is 4.75. The average molecular weight is 766 g/mol. The lowest BCUT2D eigenvalue weighted by atomic mass is 9.72. The molecule has 0 saturated heterocycles. The van der Waals surface area contributed by atoms with Gasteiger partial charge in [-0.25, -0.2) is 4.68 Å². The summed E-state index contributed by atoms with van der Waals surface area (Å²) in [5.41, 5.74) is 4.31. The number of benzene rings is 3. The minimum absolute atomic E-state index is 0.0291. The first-order chi connectivity index (χ1) is 27.1. The maximum absolute atomic E-state index is 15.0. The molecule has 3 atom stereocenters. The second-order valence-corrected chi connectivity index (χ2v) is 14.9. The molecule has 2 amide bonds. The SMILES string of the molecule is COc1ccc(COC(=O)[C@H]2CCCC[C@H]2C(=O)N2CCc3c(B(O)O)ccc(OCc4cn(C(C)C)nn4)c3[C@H]2CN2Cc3ccccc3C2=O)c(OC)c1. The van der Waals surface area contributed by atoms with E-state index in [4.69, 9.17) is 18.9 Å². The van der Waals surface area contributed by atoms with Crippen LogP contribution >= 0.6 is 0 Å². The quantitative estimate of drug-likeness (QED) is 0.150. The zero-order valence-corrected chi connectivity index (χ0v) is 32.2. The van der Waals surface area contributed by atoms with E-state index in [1.807, 2.05) is 38.2 Å². The van der Waals surface area contributed by atoms with Gasteiger partial charge in [0, 0.05) is 48.4 Å². The Kier molecular flexibility index (Phi) is 11.6. The highest BCUT2D eigenvalue weighted by Gasteiger charge is 2.45. The number of methoxy groups -OCH3 is 2. The zero-order chi connectivity index (χ0) is 39.5. The number of fused-ring (bicyclic) bond motifs is 2. The van der Waals surface area contributed by atoms with Crippen molar-refractivity contribution in [3.05, 3.63) is 94.3 Å². The lowest BCUT2D eigenvalue weighted by Crippen LogP contribution is -2.51. The Morgan fingerprint density at radius 3 is 2.46 bits per heavy atom. The van der Waals surface area contributed by atoms with E-state index in [9.17, 15) is 19.6 Å². The van der Waals surface area contributed by atoms with E-state index in [1.54, 1.807) is 58.0 Å². The number of nitrogens with zero attached hydrogens (tertiary/aromatic N) is 5. The number of rotatable bonds is 13. The first kappa shape index (κ1) is 38.9. The van der Waals surface area contributed by atoms with Crippen LogP contribution in [0.1, 0.15) is 89.9 Å². The molecule has 294 valence electrons. The van der Waals surface area contributed by atoms with Gasteiger partial charge in [-0.15, -0.1) is 5.10 Å². The van der Waals surface area contributed by atoms with Crippen LogP contribution in [0.5, 0.6) is 17.2 Å². The predicted octanol–water partition coefficient (Wildman–Crippen LogP) is 3.77. The third kappa shape index (κ3) is 7.83. The van der Waals surface area contributed by atoms with Gasteiger partial charge in [0.1, 0.15) is 36.2 Å². The van der Waals surface area contributed by atoms with Crippen LogP contribution in [0.4, 0.5) is 0 Å². The second kappa shape index (κ2) is 16.8. The van der Waals surface area contributed by atoms with Gasteiger partial charge in [0.15, 0.2) is 0 Å². The van der Waals surface area contributed by atoms with Crippen molar-refractivity contribution in [1.29, 1.82) is 0 Å². The lowest BCUT2D eigenvalue weighted by molar-refractivity contribution is -0.159. The Balaban J connectivity index is 1.21. The number of amides is 2. The summed E-state index contributed by atoms with van der Waals surface area (Å²) in [6, 6.07) is 15.4. The summed E-state index contributed by atoms with van der Waals surface area (Å²) >= 11 is 0. The van der Waals surface area contributed by atoms with E-state index < -0.39 is 31.0 Å². The van der Waals surface area contributed by atoms with Gasteiger partial charge in [-0.3, -0.25) is 14.4 Å². The van der Waals surface area contributed by atoms with Crippen molar-refractivity contribution < 1.29 is 43.4 Å². The molecular weight excluding hydrogens is 717 g/mol. The monoisotopic (exact) mass is 765 g/mol. The van der Waals surface area contributed by atoms with E-state index in [0.717, 1.165) is 18.4 Å². The van der Waals surface area contributed by atoms with E-state index in [0.29, 0.717) is 76.5 Å². The molecule has 1 fully saturated rings. The molecule has 1 aliphatic carbocycles. The number of esters is 1. The van der Waals surface area contributed by atoms with E-state index in [1.165, 1.54) is 7.11 Å². The molecular formula is C41H48BN5O9. The standard InChI is InChI=1S/C41H48BN5O9/c1-25(2)47-21-28(43-44-47)24-55-36-16-15-34(42(51)52)33-17-18-46(35(38(33)36)22-45-20-26-9-5-6-10-30(26)39(45)48)40(49)31-11-7-8-12-32(31)41(50)56-23-27-13-14-29(53-3)19-37(27)54-4/h5-6,9-10,13-16,19,21,25,31-32,35,51-52H,7-8,11-12,17-18,20,22-24H2,1-4H3/t31-,32+,35-/m1/s1. The number of hydrogen-bond acceptors (Lipinski definition) is 11. The molecule has 15 heteroatoms. The van der Waals surface area contributed by atoms with Gasteiger partial charge in [-0.2, -0.15) is 0 Å². The molecule has 1 aromatic heterocycles. The van der Waals surface area contributed by atoms with E-state index >= 15 is 4.79 Å². The zero-order valence-electron chi connectivity index (χ0n) is 32.2. The molecule has 7 rings (SSSR count). The molecule has 3 heterocycles. The first-order valence-electron chi connectivity index (χ1n) is 19.2. The van der Waals surface area contributed by atoms with Gasteiger partial charge in [0.25, 0.3) is 5.91 Å². The topological polar surface area (TPSA) is 166 Å². The summed E-state index contributed by atoms with van der Waals surface area (Å²) in [5, 5.41) is 29.5. The largest absolute Gasteiger partial charge is 0.497 e. The number of carbonyl (C=O) groups is 3. The van der Waals surface area contributed by atoms with Crippen molar-refractivity contribution in [3.8, 4) is 17.2 Å². The average Bonchev–Trinajstić information content (AvgIpc) is 3.83. The van der Waals surface area contributed by atoms with Gasteiger partial charge in [-0.05, 0) is 74.0 Å². The molecule has 3 aromatic carbocycles. The van der Waals surface area contributed by atoms with Gasteiger partial charge in [0.2, 0.25) is 5.91 Å². The third-order valence-corrected chi connectivity index (χ3v) is 11.2. The van der Waals surface area contributed by atoms with Crippen LogP contribution in [0.25, 0.3) is 0 Å². The predicted molar refractivity (Wildman–Crippen MR) is 205 cm³/mol. The summed E-state index contributed by atoms with van der Waals surface area (Å²) in [5.74, 6) is -0.588. The molecule has 2 N–H and O–H groups in total. The molecule has 3 aliphatic rings. The molecule has 0 radical (unpaired) electrons. The summed E-state index contributed by atoms with van der Waals surface area (Å²) in [4.78, 5) is 46.2. The van der Waals surface area contributed by atoms with Crippen molar-refractivity contribution in [2.75, 3.05) is 27.3 Å². The summed E-state index contributed by atoms with van der Waals surface area (Å²) in [7, 11) is 1.33. The van der Waals surface area contributed by atoms with Gasteiger partial charge >= 0.3 is 13.1 Å². The number of ether oxygens (including phenoxy) is 4. The van der Waals surface area contributed by atoms with Gasteiger partial charge < -0.3 is 38.8 Å². The molecule has 4 aromatic rings. The fourth-order valence-electron chi connectivity index (χ4n) is 8.27. The number of hydrogen-bond donors (Lipinski definition) is 2. The van der Waals surface area contributed by atoms with Crippen molar-refractivity contribution >= 4 is 30.4 Å². The van der Waals surface area contributed by atoms with Gasteiger partial charge in [-0.1, -0.05) is 42.3 Å². The number of carbonyl (C=O) groups excluding carboxylic acids is 3. The molecule has 14 nitrogen and oxygen atoms in total. The van der Waals surface area contributed by atoms with Crippen LogP contribution in [0.2, 0.25) is 0 Å². The maximum Gasteiger partial charge on any atom is 0.488 e. The van der Waals surface area contributed by atoms with Gasteiger partial charge in [0.05, 0.1) is 38.3 Å². The summed E-state index contributed by atoms with van der Waals surface area (Å²) < 4.78 is 24.8. The van der Waals surface area contributed by atoms with Crippen molar-refractivity contribution in [1.82, 2.24) is 24.8 Å². The van der Waals surface area contributed by atoms with Crippen LogP contribution in [-0.4, -0.2) is 87.1 Å². The molecule has 0 spiro atoms. The second-order valence-electron chi connectivity index (χ2n) is 14.9. The first-order valence-corrected chi connectivity index (χ1v) is 19.2.